The summed E-state index contributed by atoms with van der Waals surface area (Å²) < 4.78 is 7.53. The molecule has 5 heteroatoms. The third kappa shape index (κ3) is 4.32. The van der Waals surface area contributed by atoms with E-state index in [2.05, 4.69) is 34.2 Å². The molecule has 2 aromatic rings. The van der Waals surface area contributed by atoms with E-state index in [1.54, 1.807) is 12.4 Å². The number of carbonyl (C=O) groups excluding carboxylic acids is 1. The Hall–Kier alpha value is -2.27. The van der Waals surface area contributed by atoms with E-state index in [-0.39, 0.29) is 12.1 Å². The van der Waals surface area contributed by atoms with Gasteiger partial charge in [-0.15, -0.1) is 0 Å². The minimum absolute atomic E-state index is 0.0384. The Morgan fingerprint density at radius 3 is 2.47 bits per heavy atom. The van der Waals surface area contributed by atoms with Crippen molar-refractivity contribution in [2.24, 2.45) is 5.92 Å². The summed E-state index contributed by atoms with van der Waals surface area (Å²) in [6.07, 6.45) is 15.2. The number of carbonyl (C=O) groups is 1. The second-order valence-electron chi connectivity index (χ2n) is 10.3. The number of hydrogen-bond acceptors (Lipinski definition) is 4. The molecule has 0 amide bonds. The number of benzene rings is 1. The van der Waals surface area contributed by atoms with Gasteiger partial charge in [-0.1, -0.05) is 56.0 Å². The highest BCUT2D eigenvalue weighted by molar-refractivity contribution is 5.83. The monoisotopic (exact) mass is 434 g/mol. The summed E-state index contributed by atoms with van der Waals surface area (Å²) in [5.74, 6) is 0.561. The topological polar surface area (TPSA) is 52.1 Å². The highest BCUT2D eigenvalue weighted by Gasteiger charge is 2.50. The van der Waals surface area contributed by atoms with Crippen molar-refractivity contribution in [2.45, 2.75) is 69.3 Å². The average Bonchev–Trinajstić information content (AvgIpc) is 3.12. The van der Waals surface area contributed by atoms with Gasteiger partial charge in [0.25, 0.3) is 0 Å². The van der Waals surface area contributed by atoms with Gasteiger partial charge in [-0.2, -0.15) is 0 Å². The molecule has 4 heterocycles. The number of rotatable bonds is 6. The third-order valence-electron chi connectivity index (χ3n) is 8.43. The van der Waals surface area contributed by atoms with Crippen molar-refractivity contribution < 1.29 is 14.0 Å². The second-order valence-corrected chi connectivity index (χ2v) is 10.3. The van der Waals surface area contributed by atoms with Crippen LogP contribution in [0.3, 0.4) is 0 Å². The number of quaternary nitrogens is 1. The van der Waals surface area contributed by atoms with Crippen molar-refractivity contribution in [2.75, 3.05) is 26.2 Å². The molecule has 1 aromatic carbocycles. The van der Waals surface area contributed by atoms with Crippen molar-refractivity contribution in [3.8, 4) is 0 Å². The van der Waals surface area contributed by atoms with Crippen molar-refractivity contribution in [1.29, 1.82) is 0 Å². The highest BCUT2D eigenvalue weighted by atomic mass is 16.5. The van der Waals surface area contributed by atoms with E-state index in [0.717, 1.165) is 73.8 Å². The van der Waals surface area contributed by atoms with Crippen LogP contribution in [0.25, 0.3) is 0 Å². The van der Waals surface area contributed by atoms with Crippen molar-refractivity contribution in [3.05, 3.63) is 60.2 Å². The number of ether oxygens (including phenoxy) is 1. The van der Waals surface area contributed by atoms with E-state index in [1.807, 2.05) is 12.3 Å². The lowest BCUT2D eigenvalue weighted by atomic mass is 9.74. The largest absolute Gasteiger partial charge is 0.455 e. The van der Waals surface area contributed by atoms with E-state index in [9.17, 15) is 4.79 Å². The van der Waals surface area contributed by atoms with Crippen LogP contribution < -0.4 is 0 Å². The Bertz CT molecular complexity index is 886. The first-order valence-corrected chi connectivity index (χ1v) is 12.6. The molecule has 5 nitrogen and oxygen atoms in total. The Morgan fingerprint density at radius 1 is 1.03 bits per heavy atom. The third-order valence-corrected chi connectivity index (χ3v) is 8.43. The van der Waals surface area contributed by atoms with Crippen LogP contribution in [0, 0.1) is 5.92 Å². The minimum atomic E-state index is -0.464. The van der Waals surface area contributed by atoms with Gasteiger partial charge in [-0.05, 0) is 18.4 Å². The summed E-state index contributed by atoms with van der Waals surface area (Å²) >= 11 is 0. The molecule has 1 aliphatic carbocycles. The van der Waals surface area contributed by atoms with E-state index in [0.29, 0.717) is 5.92 Å². The maximum Gasteiger partial charge on any atom is 0.317 e. The predicted octanol–water partition coefficient (Wildman–Crippen LogP) is 4.46. The van der Waals surface area contributed by atoms with Gasteiger partial charge in [-0.25, -0.2) is 0 Å². The second kappa shape index (κ2) is 9.30. The number of hydrogen-bond donors (Lipinski definition) is 0. The Labute approximate surface area is 191 Å². The van der Waals surface area contributed by atoms with Crippen LogP contribution in [0.2, 0.25) is 0 Å². The quantitative estimate of drug-likeness (QED) is 0.383. The fourth-order valence-corrected chi connectivity index (χ4v) is 6.43. The molecule has 1 aromatic heterocycles. The van der Waals surface area contributed by atoms with Gasteiger partial charge in [0, 0.05) is 43.8 Å². The van der Waals surface area contributed by atoms with Gasteiger partial charge in [0.05, 0.1) is 30.7 Å². The van der Waals surface area contributed by atoms with Gasteiger partial charge >= 0.3 is 5.97 Å². The zero-order valence-electron chi connectivity index (χ0n) is 19.1. The first-order chi connectivity index (χ1) is 15.7. The lowest BCUT2D eigenvalue weighted by Crippen LogP contribution is -2.65. The molecule has 3 aliphatic heterocycles. The van der Waals surface area contributed by atoms with Crippen molar-refractivity contribution >= 4 is 5.97 Å². The molecule has 32 heavy (non-hydrogen) atoms. The van der Waals surface area contributed by atoms with Crippen LogP contribution >= 0.6 is 0 Å². The molecule has 0 radical (unpaired) electrons. The lowest BCUT2D eigenvalue weighted by molar-refractivity contribution is -0.946. The molecule has 0 unspecified atom stereocenters. The Morgan fingerprint density at radius 2 is 1.78 bits per heavy atom. The predicted molar refractivity (Wildman–Crippen MR) is 124 cm³/mol. The first-order valence-electron chi connectivity index (χ1n) is 12.6. The molecule has 2 bridgehead atoms. The minimum Gasteiger partial charge on any atom is -0.455 e. The molecular formula is C27H36N3O2+. The average molecular weight is 435 g/mol. The number of esters is 1. The molecule has 1 atom stereocenters. The summed E-state index contributed by atoms with van der Waals surface area (Å²) in [4.78, 5) is 22.5. The van der Waals surface area contributed by atoms with E-state index in [4.69, 9.17) is 4.74 Å². The van der Waals surface area contributed by atoms with Gasteiger partial charge in [0.15, 0.2) is 6.10 Å². The maximum atomic E-state index is 13.9. The molecule has 170 valence electrons. The van der Waals surface area contributed by atoms with Gasteiger partial charge in [0.2, 0.25) is 0 Å². The fourth-order valence-electron chi connectivity index (χ4n) is 6.43. The zero-order valence-corrected chi connectivity index (χ0v) is 19.1. The molecule has 1 saturated carbocycles. The number of nitrogens with zero attached hydrogens (tertiary/aromatic N) is 3. The first kappa shape index (κ1) is 21.6. The lowest BCUT2D eigenvalue weighted by Gasteiger charge is -2.52. The van der Waals surface area contributed by atoms with Crippen LogP contribution in [0.5, 0.6) is 0 Å². The van der Waals surface area contributed by atoms with Gasteiger partial charge in [-0.3, -0.25) is 14.8 Å². The number of fused-ring (bicyclic) bond motifs is 3. The van der Waals surface area contributed by atoms with Gasteiger partial charge in [0.1, 0.15) is 6.54 Å². The van der Waals surface area contributed by atoms with Crippen LogP contribution in [-0.2, 0) is 21.4 Å². The highest BCUT2D eigenvalue weighted by Crippen LogP contribution is 2.42. The summed E-state index contributed by atoms with van der Waals surface area (Å²) in [5.41, 5.74) is 1.75. The fraction of sp³-hybridized carbons (Fsp3) is 0.593. The summed E-state index contributed by atoms with van der Waals surface area (Å²) in [6.45, 7) is 4.41. The van der Waals surface area contributed by atoms with Crippen molar-refractivity contribution in [3.63, 3.8) is 0 Å². The van der Waals surface area contributed by atoms with Crippen LogP contribution in [0.1, 0.15) is 62.6 Å². The van der Waals surface area contributed by atoms with E-state index in [1.165, 1.54) is 25.9 Å². The van der Waals surface area contributed by atoms with E-state index >= 15 is 0 Å². The van der Waals surface area contributed by atoms with Crippen molar-refractivity contribution in [1.82, 2.24) is 9.97 Å². The normalized spacial score (nSPS) is 29.2. The molecule has 3 saturated heterocycles. The smallest absolute Gasteiger partial charge is 0.317 e. The summed E-state index contributed by atoms with van der Waals surface area (Å²) in [7, 11) is 0. The molecule has 0 N–H and O–H groups in total. The molecule has 4 aliphatic rings. The Kier molecular flexibility index (Phi) is 6.27. The standard InChI is InChI=1S/C27H36N3O2/c31-26(27(13-6-1-2-7-14-27)23-8-4-3-5-9-23)32-25-21-30(17-10-22(25)11-18-30)19-12-24-20-28-15-16-29-24/h3-5,8-9,15-16,20,22,25H,1-2,6-7,10-14,17-19,21H2/q+1/t22?,25-,30?/m0/s1. The number of aromatic nitrogens is 2. The van der Waals surface area contributed by atoms with E-state index < -0.39 is 5.41 Å². The Balaban J connectivity index is 1.31. The zero-order chi connectivity index (χ0) is 21.9. The molecule has 4 fully saturated rings. The molecular weight excluding hydrogens is 398 g/mol. The summed E-state index contributed by atoms with van der Waals surface area (Å²) in [6, 6.07) is 10.4. The maximum absolute atomic E-state index is 13.9. The number of piperidine rings is 3. The van der Waals surface area contributed by atoms with Crippen LogP contribution in [0.15, 0.2) is 48.9 Å². The molecule has 6 rings (SSSR count). The van der Waals surface area contributed by atoms with Crippen LogP contribution in [-0.4, -0.2) is 52.7 Å². The van der Waals surface area contributed by atoms with Crippen LogP contribution in [0.4, 0.5) is 0 Å². The SMILES string of the molecule is O=C(O[C@H]1C[N+]2(CCc3cnccn3)CCC1CC2)C1(c2ccccc2)CCCCCC1. The molecule has 0 spiro atoms. The van der Waals surface area contributed by atoms with Gasteiger partial charge < -0.3 is 9.22 Å². The summed E-state index contributed by atoms with van der Waals surface area (Å²) in [5, 5.41) is 0.